The molecule has 0 saturated carbocycles. The van der Waals surface area contributed by atoms with Gasteiger partial charge >= 0.3 is 6.18 Å². The number of hydrogen-bond acceptors (Lipinski definition) is 5. The lowest BCUT2D eigenvalue weighted by Crippen LogP contribution is -2.24. The van der Waals surface area contributed by atoms with E-state index in [0.717, 1.165) is 5.56 Å². The Kier molecular flexibility index (Phi) is 3.32. The van der Waals surface area contributed by atoms with Crippen LogP contribution in [0.5, 0.6) is 0 Å². The summed E-state index contributed by atoms with van der Waals surface area (Å²) in [4.78, 5) is 18.4. The van der Waals surface area contributed by atoms with Crippen molar-refractivity contribution in [3.63, 3.8) is 0 Å². The zero-order valence-electron chi connectivity index (χ0n) is 9.73. The second kappa shape index (κ2) is 4.79. The number of carbonyl (C=O) groups is 1. The predicted octanol–water partition coefficient (Wildman–Crippen LogP) is 2.11. The summed E-state index contributed by atoms with van der Waals surface area (Å²) in [6.45, 7) is 1.77. The quantitative estimate of drug-likeness (QED) is 0.855. The molecule has 19 heavy (non-hydrogen) atoms. The number of aryl methyl sites for hydroxylation is 1. The van der Waals surface area contributed by atoms with Crippen LogP contribution in [0.3, 0.4) is 0 Å². The highest BCUT2D eigenvalue weighted by Gasteiger charge is 2.39. The summed E-state index contributed by atoms with van der Waals surface area (Å²) in [7, 11) is 0. The Balaban J connectivity index is 2.21. The van der Waals surface area contributed by atoms with Crippen LogP contribution in [0, 0.1) is 6.92 Å². The Labute approximate surface area is 105 Å². The average Bonchev–Trinajstić information content (AvgIpc) is 2.76. The number of carbonyl (C=O) groups excluding carboxylic acids is 1. The molecule has 0 aromatic carbocycles. The van der Waals surface area contributed by atoms with Crippen molar-refractivity contribution in [3.05, 3.63) is 29.9 Å². The van der Waals surface area contributed by atoms with Crippen LogP contribution in [0.4, 0.5) is 13.2 Å². The molecular formula is C11H8F3N3O2. The predicted molar refractivity (Wildman–Crippen MR) is 57.0 cm³/mol. The highest BCUT2D eigenvalue weighted by atomic mass is 19.4. The monoisotopic (exact) mass is 271 g/mol. The molecule has 0 saturated heterocycles. The summed E-state index contributed by atoms with van der Waals surface area (Å²) in [6.07, 6.45) is -2.84. The average molecular weight is 271 g/mol. The second-order valence-corrected chi connectivity index (χ2v) is 3.80. The van der Waals surface area contributed by atoms with E-state index < -0.39 is 18.4 Å². The lowest BCUT2D eigenvalue weighted by Gasteiger charge is -2.01. The topological polar surface area (TPSA) is 68.9 Å². The summed E-state index contributed by atoms with van der Waals surface area (Å²) < 4.78 is 40.9. The molecule has 0 aliphatic heterocycles. The summed E-state index contributed by atoms with van der Waals surface area (Å²) in [5, 5.41) is 3.54. The minimum Gasteiger partial charge on any atom is -0.338 e. The Hall–Kier alpha value is -2.25. The molecule has 0 aliphatic carbocycles. The largest absolute Gasteiger partial charge is 0.450 e. The van der Waals surface area contributed by atoms with Gasteiger partial charge in [0.1, 0.15) is 0 Å². The van der Waals surface area contributed by atoms with Crippen LogP contribution in [-0.2, 0) is 11.2 Å². The molecule has 2 aromatic rings. The minimum atomic E-state index is -4.90. The number of halogens is 3. The number of alkyl halides is 3. The lowest BCUT2D eigenvalue weighted by atomic mass is 10.1. The van der Waals surface area contributed by atoms with Crippen LogP contribution in [0.25, 0.3) is 11.4 Å². The van der Waals surface area contributed by atoms with Crippen molar-refractivity contribution in [2.24, 2.45) is 0 Å². The van der Waals surface area contributed by atoms with E-state index in [1.165, 1.54) is 6.20 Å². The molecular weight excluding hydrogens is 263 g/mol. The maximum atomic E-state index is 12.1. The van der Waals surface area contributed by atoms with Crippen molar-refractivity contribution in [2.45, 2.75) is 19.5 Å². The molecule has 8 heteroatoms. The third kappa shape index (κ3) is 2.95. The number of pyridine rings is 1. The van der Waals surface area contributed by atoms with Gasteiger partial charge in [0.2, 0.25) is 17.5 Å². The molecule has 2 heterocycles. The van der Waals surface area contributed by atoms with E-state index >= 15 is 0 Å². The number of aromatic nitrogens is 3. The van der Waals surface area contributed by atoms with Crippen LogP contribution < -0.4 is 0 Å². The van der Waals surface area contributed by atoms with E-state index in [9.17, 15) is 18.0 Å². The fraction of sp³-hybridized carbons (Fsp3) is 0.273. The second-order valence-electron chi connectivity index (χ2n) is 3.80. The summed E-state index contributed by atoms with van der Waals surface area (Å²) in [5.74, 6) is -2.19. The van der Waals surface area contributed by atoms with Gasteiger partial charge in [-0.05, 0) is 18.6 Å². The van der Waals surface area contributed by atoms with Gasteiger partial charge in [-0.25, -0.2) is 0 Å². The molecule has 100 valence electrons. The first-order chi connectivity index (χ1) is 8.88. The van der Waals surface area contributed by atoms with Crippen molar-refractivity contribution >= 4 is 5.78 Å². The van der Waals surface area contributed by atoms with Gasteiger partial charge in [-0.1, -0.05) is 5.16 Å². The molecule has 0 fully saturated rings. The molecule has 0 N–H and O–H groups in total. The van der Waals surface area contributed by atoms with Gasteiger partial charge in [-0.15, -0.1) is 0 Å². The van der Waals surface area contributed by atoms with Crippen molar-refractivity contribution in [3.8, 4) is 11.4 Å². The molecule has 0 radical (unpaired) electrons. The van der Waals surface area contributed by atoms with Gasteiger partial charge < -0.3 is 4.52 Å². The molecule has 5 nitrogen and oxygen atoms in total. The van der Waals surface area contributed by atoms with E-state index in [-0.39, 0.29) is 11.7 Å². The van der Waals surface area contributed by atoms with Crippen LogP contribution >= 0.6 is 0 Å². The molecule has 0 spiro atoms. The smallest absolute Gasteiger partial charge is 0.338 e. The molecule has 0 amide bonds. The Morgan fingerprint density at radius 3 is 2.79 bits per heavy atom. The van der Waals surface area contributed by atoms with Crippen LogP contribution in [0.1, 0.15) is 11.5 Å². The Bertz CT molecular complexity index is 607. The molecule has 2 rings (SSSR count). The van der Waals surface area contributed by atoms with Crippen LogP contribution in [0.2, 0.25) is 0 Å². The van der Waals surface area contributed by atoms with E-state index in [0.29, 0.717) is 5.56 Å². The number of nitrogens with zero attached hydrogens (tertiary/aromatic N) is 3. The molecule has 0 unspecified atom stereocenters. The van der Waals surface area contributed by atoms with Gasteiger partial charge in [-0.3, -0.25) is 9.78 Å². The van der Waals surface area contributed by atoms with Crippen LogP contribution in [0.15, 0.2) is 23.0 Å². The highest BCUT2D eigenvalue weighted by Crippen LogP contribution is 2.21. The van der Waals surface area contributed by atoms with Gasteiger partial charge in [-0.2, -0.15) is 18.2 Å². The van der Waals surface area contributed by atoms with Crippen molar-refractivity contribution in [1.82, 2.24) is 15.1 Å². The summed E-state index contributed by atoms with van der Waals surface area (Å²) >= 11 is 0. The molecule has 0 bridgehead atoms. The van der Waals surface area contributed by atoms with Gasteiger partial charge in [0.25, 0.3) is 0 Å². The first-order valence-corrected chi connectivity index (χ1v) is 5.21. The molecule has 2 aromatic heterocycles. The first kappa shape index (κ1) is 13.2. The number of Topliss-reactive ketones (excluding diaryl/α,β-unsaturated/α-hetero) is 1. The van der Waals surface area contributed by atoms with Gasteiger partial charge in [0, 0.05) is 18.0 Å². The van der Waals surface area contributed by atoms with Crippen molar-refractivity contribution < 1.29 is 22.5 Å². The van der Waals surface area contributed by atoms with E-state index in [4.69, 9.17) is 0 Å². The van der Waals surface area contributed by atoms with Crippen molar-refractivity contribution in [2.75, 3.05) is 0 Å². The number of rotatable bonds is 3. The maximum Gasteiger partial charge on any atom is 0.450 e. The normalized spacial score (nSPS) is 11.6. The first-order valence-electron chi connectivity index (χ1n) is 5.21. The fourth-order valence-electron chi connectivity index (χ4n) is 1.37. The zero-order chi connectivity index (χ0) is 14.0. The van der Waals surface area contributed by atoms with E-state index in [2.05, 4.69) is 19.6 Å². The van der Waals surface area contributed by atoms with Crippen LogP contribution in [-0.4, -0.2) is 27.1 Å². The van der Waals surface area contributed by atoms with Gasteiger partial charge in [0.15, 0.2) is 0 Å². The minimum absolute atomic E-state index is 0.107. The van der Waals surface area contributed by atoms with Crippen molar-refractivity contribution in [1.29, 1.82) is 0 Å². The third-order valence-electron chi connectivity index (χ3n) is 2.38. The Morgan fingerprint density at radius 2 is 2.16 bits per heavy atom. The maximum absolute atomic E-state index is 12.1. The third-order valence-corrected chi connectivity index (χ3v) is 2.38. The SMILES string of the molecule is Cc1ccncc1-c1noc(CC(=O)C(F)(F)F)n1. The number of ketones is 1. The highest BCUT2D eigenvalue weighted by molar-refractivity contribution is 5.85. The number of hydrogen-bond donors (Lipinski definition) is 0. The standard InChI is InChI=1S/C11H8F3N3O2/c1-6-2-3-15-5-7(6)10-16-9(19-17-10)4-8(18)11(12,13)14/h2-3,5H,4H2,1H3. The van der Waals surface area contributed by atoms with E-state index in [1.54, 1.807) is 19.2 Å². The molecule has 0 aliphatic rings. The van der Waals surface area contributed by atoms with Gasteiger partial charge in [0.05, 0.1) is 6.42 Å². The Morgan fingerprint density at radius 1 is 1.42 bits per heavy atom. The molecule has 0 atom stereocenters. The van der Waals surface area contributed by atoms with E-state index in [1.807, 2.05) is 0 Å². The summed E-state index contributed by atoms with van der Waals surface area (Å²) in [5.41, 5.74) is 1.33. The fourth-order valence-corrected chi connectivity index (χ4v) is 1.37. The zero-order valence-corrected chi connectivity index (χ0v) is 9.73. The lowest BCUT2D eigenvalue weighted by molar-refractivity contribution is -0.170. The summed E-state index contributed by atoms with van der Waals surface area (Å²) in [6, 6.07) is 1.70.